The van der Waals surface area contributed by atoms with Crippen LogP contribution in [0, 0.1) is 6.92 Å². The Morgan fingerprint density at radius 2 is 1.74 bits per heavy atom. The highest BCUT2D eigenvalue weighted by atomic mass is 32.2. The number of rotatable bonds is 7. The Morgan fingerprint density at radius 3 is 2.38 bits per heavy atom. The van der Waals surface area contributed by atoms with Crippen molar-refractivity contribution < 1.29 is 23.9 Å². The maximum Gasteiger partial charge on any atom is 0.338 e. The van der Waals surface area contributed by atoms with Gasteiger partial charge in [-0.1, -0.05) is 65.9 Å². The maximum absolute atomic E-state index is 12.5. The highest BCUT2D eigenvalue weighted by Gasteiger charge is 2.31. The lowest BCUT2D eigenvalue weighted by Gasteiger charge is -2.11. The molecular weight excluding hydrogens is 450 g/mol. The molecule has 1 heterocycles. The van der Waals surface area contributed by atoms with Crippen LogP contribution in [0.15, 0.2) is 72.8 Å². The molecule has 2 amide bonds. The standard InChI is InChI=1S/C27H23NO5S/c1-17-6-8-18(9-7-17)14-23(26(30)32-2)20-4-3-5-22(16-20)33-21-12-10-19(11-13-21)15-24-25(29)28-27(31)34-24/h3-14,16,24H,15H2,1-2H3,(H,28,29,31)/b23-14+. The number of imide groups is 1. The molecule has 1 N–H and O–H groups in total. The third-order valence-electron chi connectivity index (χ3n) is 5.29. The van der Waals surface area contributed by atoms with Gasteiger partial charge in [0.05, 0.1) is 17.9 Å². The zero-order valence-corrected chi connectivity index (χ0v) is 19.6. The molecule has 1 fully saturated rings. The van der Waals surface area contributed by atoms with E-state index in [1.54, 1.807) is 12.1 Å². The van der Waals surface area contributed by atoms with Crippen LogP contribution in [0.3, 0.4) is 0 Å². The minimum atomic E-state index is -0.436. The van der Waals surface area contributed by atoms with Gasteiger partial charge in [0.2, 0.25) is 5.91 Å². The number of hydrogen-bond acceptors (Lipinski definition) is 6. The summed E-state index contributed by atoms with van der Waals surface area (Å²) >= 11 is 1.01. The number of nitrogens with one attached hydrogen (secondary N) is 1. The van der Waals surface area contributed by atoms with Crippen molar-refractivity contribution in [2.45, 2.75) is 18.6 Å². The third kappa shape index (κ3) is 5.74. The number of carbonyl (C=O) groups excluding carboxylic acids is 3. The largest absolute Gasteiger partial charge is 0.465 e. The molecule has 4 rings (SSSR count). The van der Waals surface area contributed by atoms with Crippen molar-refractivity contribution in [3.05, 3.63) is 95.1 Å². The van der Waals surface area contributed by atoms with E-state index in [0.29, 0.717) is 29.1 Å². The Kier molecular flexibility index (Phi) is 7.13. The van der Waals surface area contributed by atoms with Gasteiger partial charge in [-0.2, -0.15) is 0 Å². The molecule has 172 valence electrons. The first-order valence-electron chi connectivity index (χ1n) is 10.7. The summed E-state index contributed by atoms with van der Waals surface area (Å²) in [5.74, 6) is 0.490. The number of thioether (sulfide) groups is 1. The minimum Gasteiger partial charge on any atom is -0.465 e. The van der Waals surface area contributed by atoms with Crippen molar-refractivity contribution in [1.29, 1.82) is 0 Å². The van der Waals surface area contributed by atoms with Crippen LogP contribution in [0.5, 0.6) is 11.5 Å². The van der Waals surface area contributed by atoms with Gasteiger partial charge in [-0.3, -0.25) is 14.9 Å². The molecule has 1 saturated heterocycles. The lowest BCUT2D eigenvalue weighted by atomic mass is 10.0. The monoisotopic (exact) mass is 473 g/mol. The predicted molar refractivity (Wildman–Crippen MR) is 133 cm³/mol. The second kappa shape index (κ2) is 10.4. The molecule has 0 aliphatic carbocycles. The summed E-state index contributed by atoms with van der Waals surface area (Å²) < 4.78 is 11.0. The smallest absolute Gasteiger partial charge is 0.338 e. The van der Waals surface area contributed by atoms with Crippen molar-refractivity contribution in [3.63, 3.8) is 0 Å². The zero-order chi connectivity index (χ0) is 24.1. The second-order valence-electron chi connectivity index (χ2n) is 7.82. The van der Waals surface area contributed by atoms with Crippen molar-refractivity contribution in [1.82, 2.24) is 5.32 Å². The molecule has 1 aliphatic rings. The Morgan fingerprint density at radius 1 is 1.00 bits per heavy atom. The Hall–Kier alpha value is -3.84. The van der Waals surface area contributed by atoms with E-state index in [1.165, 1.54) is 7.11 Å². The predicted octanol–water partition coefficient (Wildman–Crippen LogP) is 5.40. The summed E-state index contributed by atoms with van der Waals surface area (Å²) in [6.07, 6.45) is 2.26. The van der Waals surface area contributed by atoms with Crippen LogP contribution in [-0.2, 0) is 20.7 Å². The van der Waals surface area contributed by atoms with Gasteiger partial charge in [0.1, 0.15) is 11.5 Å². The van der Waals surface area contributed by atoms with E-state index in [0.717, 1.165) is 28.5 Å². The summed E-state index contributed by atoms with van der Waals surface area (Å²) in [5, 5.41) is 1.58. The number of aryl methyl sites for hydroxylation is 1. The van der Waals surface area contributed by atoms with E-state index >= 15 is 0 Å². The van der Waals surface area contributed by atoms with E-state index in [1.807, 2.05) is 73.7 Å². The highest BCUT2D eigenvalue weighted by Crippen LogP contribution is 2.28. The molecule has 0 bridgehead atoms. The SMILES string of the molecule is COC(=O)/C(=C/c1ccc(C)cc1)c1cccc(Oc2ccc(CC3SC(=O)NC3=O)cc2)c1. The molecule has 7 heteroatoms. The van der Waals surface area contributed by atoms with Gasteiger partial charge in [0.25, 0.3) is 5.24 Å². The molecule has 3 aromatic carbocycles. The average Bonchev–Trinajstić information content (AvgIpc) is 3.16. The second-order valence-corrected chi connectivity index (χ2v) is 9.00. The van der Waals surface area contributed by atoms with Gasteiger partial charge in [-0.15, -0.1) is 0 Å². The number of ether oxygens (including phenoxy) is 2. The van der Waals surface area contributed by atoms with Crippen molar-refractivity contribution in [2.24, 2.45) is 0 Å². The molecule has 0 spiro atoms. The number of methoxy groups -OCH3 is 1. The van der Waals surface area contributed by atoms with Gasteiger partial charge < -0.3 is 9.47 Å². The van der Waals surface area contributed by atoms with Crippen LogP contribution in [0.4, 0.5) is 4.79 Å². The number of hydrogen-bond donors (Lipinski definition) is 1. The van der Waals surface area contributed by atoms with Crippen molar-refractivity contribution in [2.75, 3.05) is 7.11 Å². The lowest BCUT2D eigenvalue weighted by Crippen LogP contribution is -2.25. The van der Waals surface area contributed by atoms with Crippen LogP contribution in [0.2, 0.25) is 0 Å². The van der Waals surface area contributed by atoms with Gasteiger partial charge in [-0.25, -0.2) is 4.79 Å². The number of benzene rings is 3. The molecule has 0 aromatic heterocycles. The van der Waals surface area contributed by atoms with E-state index < -0.39 is 11.2 Å². The number of esters is 1. The van der Waals surface area contributed by atoms with Gasteiger partial charge in [0.15, 0.2) is 0 Å². The molecule has 1 aliphatic heterocycles. The minimum absolute atomic E-state index is 0.257. The fourth-order valence-electron chi connectivity index (χ4n) is 3.50. The van der Waals surface area contributed by atoms with E-state index in [9.17, 15) is 14.4 Å². The van der Waals surface area contributed by atoms with Gasteiger partial charge in [0, 0.05) is 0 Å². The zero-order valence-electron chi connectivity index (χ0n) is 18.7. The summed E-state index contributed by atoms with van der Waals surface area (Å²) in [6.45, 7) is 2.01. The van der Waals surface area contributed by atoms with Gasteiger partial charge in [-0.05, 0) is 60.4 Å². The molecule has 6 nitrogen and oxygen atoms in total. The summed E-state index contributed by atoms with van der Waals surface area (Å²) in [7, 11) is 1.36. The van der Waals surface area contributed by atoms with E-state index in [-0.39, 0.29) is 11.1 Å². The van der Waals surface area contributed by atoms with Crippen molar-refractivity contribution in [3.8, 4) is 11.5 Å². The fraction of sp³-hybridized carbons (Fsp3) is 0.148. The first kappa shape index (κ1) is 23.3. The molecule has 34 heavy (non-hydrogen) atoms. The molecular formula is C27H23NO5S. The van der Waals surface area contributed by atoms with Crippen LogP contribution in [-0.4, -0.2) is 29.5 Å². The summed E-state index contributed by atoms with van der Waals surface area (Å²) in [4.78, 5) is 35.6. The topological polar surface area (TPSA) is 81.7 Å². The van der Waals surface area contributed by atoms with Gasteiger partial charge >= 0.3 is 5.97 Å². The molecule has 0 radical (unpaired) electrons. The van der Waals surface area contributed by atoms with E-state index in [4.69, 9.17) is 9.47 Å². The molecule has 0 saturated carbocycles. The quantitative estimate of drug-likeness (QED) is 0.281. The fourth-order valence-corrected chi connectivity index (χ4v) is 4.36. The Bertz CT molecular complexity index is 1250. The Labute approximate surface area is 202 Å². The van der Waals surface area contributed by atoms with E-state index in [2.05, 4.69) is 5.32 Å². The van der Waals surface area contributed by atoms with Crippen molar-refractivity contribution >= 4 is 40.5 Å². The van der Waals surface area contributed by atoms with Crippen LogP contribution in [0.25, 0.3) is 11.6 Å². The first-order chi connectivity index (χ1) is 16.4. The maximum atomic E-state index is 12.5. The average molecular weight is 474 g/mol. The highest BCUT2D eigenvalue weighted by molar-refractivity contribution is 8.15. The number of amides is 2. The Balaban J connectivity index is 1.51. The molecule has 3 aromatic rings. The van der Waals surface area contributed by atoms with Crippen LogP contribution in [0.1, 0.15) is 22.3 Å². The molecule has 1 unspecified atom stereocenters. The third-order valence-corrected chi connectivity index (χ3v) is 6.27. The summed E-state index contributed by atoms with van der Waals surface area (Å²) in [6, 6.07) is 22.5. The van der Waals surface area contributed by atoms with Crippen LogP contribution >= 0.6 is 11.8 Å². The van der Waals surface area contributed by atoms with Crippen LogP contribution < -0.4 is 10.1 Å². The summed E-state index contributed by atoms with van der Waals surface area (Å²) in [5.41, 5.74) is 4.06. The molecule has 1 atom stereocenters. The first-order valence-corrected chi connectivity index (χ1v) is 11.5. The normalized spacial score (nSPS) is 15.7. The number of carbonyl (C=O) groups is 3. The lowest BCUT2D eigenvalue weighted by molar-refractivity contribution is -0.133.